The van der Waals surface area contributed by atoms with Crippen LogP contribution in [0.15, 0.2) is 41.3 Å². The van der Waals surface area contributed by atoms with Crippen molar-refractivity contribution in [1.82, 2.24) is 9.29 Å². The molecule has 0 radical (unpaired) electrons. The van der Waals surface area contributed by atoms with Crippen LogP contribution in [0.4, 0.5) is 10.1 Å². The molecule has 1 aromatic heterocycles. The lowest BCUT2D eigenvalue weighted by atomic mass is 9.76. The molecular formula is C25H28FN3O3S. The van der Waals surface area contributed by atoms with E-state index < -0.39 is 10.0 Å². The first kappa shape index (κ1) is 22.1. The summed E-state index contributed by atoms with van der Waals surface area (Å²) in [7, 11) is -3.69. The molecule has 0 spiro atoms. The molecule has 1 saturated heterocycles. The Morgan fingerprint density at radius 3 is 2.33 bits per heavy atom. The third-order valence-corrected chi connectivity index (χ3v) is 8.83. The second-order valence-corrected chi connectivity index (χ2v) is 11.9. The normalized spacial score (nSPS) is 19.2. The van der Waals surface area contributed by atoms with E-state index in [1.807, 2.05) is 6.07 Å². The number of aryl methyl sites for hydroxylation is 1. The third-order valence-electron chi connectivity index (χ3n) is 6.79. The number of hydrogen-bond donors (Lipinski definition) is 1. The number of benzene rings is 2. The monoisotopic (exact) mass is 469 g/mol. The number of carbonyl (C=O) groups excluding carboxylic acids is 1. The smallest absolute Gasteiger partial charge is 0.243 e. The highest BCUT2D eigenvalue weighted by Crippen LogP contribution is 2.39. The maximum atomic E-state index is 13.5. The SMILES string of the molecule is Cc1cc2c3c([nH]c2cc1S(=O)(=O)N1CCN(c2ccc(F)cc2)CC1)CC(C)(C)CC3=O. The number of piperazine rings is 1. The molecule has 0 bridgehead atoms. The summed E-state index contributed by atoms with van der Waals surface area (Å²) in [5, 5.41) is 0.808. The number of Topliss-reactive ketones (excluding diaryl/α,β-unsaturated/α-hetero) is 1. The molecule has 0 amide bonds. The second-order valence-electron chi connectivity index (χ2n) is 9.95. The minimum Gasteiger partial charge on any atom is -0.369 e. The fourth-order valence-electron chi connectivity index (χ4n) is 5.16. The van der Waals surface area contributed by atoms with Crippen molar-refractivity contribution in [3.8, 4) is 0 Å². The molecule has 2 aromatic carbocycles. The van der Waals surface area contributed by atoms with Crippen LogP contribution in [0, 0.1) is 18.2 Å². The van der Waals surface area contributed by atoms with Crippen LogP contribution >= 0.6 is 0 Å². The van der Waals surface area contributed by atoms with Gasteiger partial charge in [0, 0.05) is 60.4 Å². The quantitative estimate of drug-likeness (QED) is 0.621. The summed E-state index contributed by atoms with van der Waals surface area (Å²) in [5.74, 6) is -0.179. The molecule has 3 aromatic rings. The van der Waals surface area contributed by atoms with Gasteiger partial charge in [-0.05, 0) is 60.7 Å². The van der Waals surface area contributed by atoms with E-state index >= 15 is 0 Å². The predicted molar refractivity (Wildman–Crippen MR) is 127 cm³/mol. The number of anilines is 1. The van der Waals surface area contributed by atoms with Gasteiger partial charge in [-0.2, -0.15) is 4.31 Å². The fraction of sp³-hybridized carbons (Fsp3) is 0.400. The Balaban J connectivity index is 1.43. The molecule has 1 fully saturated rings. The molecule has 0 unspecified atom stereocenters. The van der Waals surface area contributed by atoms with Crippen molar-refractivity contribution in [3.63, 3.8) is 0 Å². The summed E-state index contributed by atoms with van der Waals surface area (Å²) in [4.78, 5) is 18.5. The number of H-pyrrole nitrogens is 1. The Hall–Kier alpha value is -2.71. The zero-order chi connectivity index (χ0) is 23.5. The average molecular weight is 470 g/mol. The van der Waals surface area contributed by atoms with Crippen LogP contribution in [0.5, 0.6) is 0 Å². The van der Waals surface area contributed by atoms with Crippen LogP contribution in [0.1, 0.15) is 41.9 Å². The molecule has 8 heteroatoms. The first-order valence-electron chi connectivity index (χ1n) is 11.2. The van der Waals surface area contributed by atoms with E-state index in [1.165, 1.54) is 16.4 Å². The summed E-state index contributed by atoms with van der Waals surface area (Å²) >= 11 is 0. The van der Waals surface area contributed by atoms with Crippen molar-refractivity contribution in [3.05, 3.63) is 59.0 Å². The zero-order valence-electron chi connectivity index (χ0n) is 19.1. The van der Waals surface area contributed by atoms with Crippen molar-refractivity contribution >= 4 is 32.4 Å². The van der Waals surface area contributed by atoms with Gasteiger partial charge in [-0.15, -0.1) is 0 Å². The van der Waals surface area contributed by atoms with Gasteiger partial charge in [-0.25, -0.2) is 12.8 Å². The number of nitrogens with one attached hydrogen (secondary N) is 1. The summed E-state index contributed by atoms with van der Waals surface area (Å²) in [6.45, 7) is 7.71. The minimum atomic E-state index is -3.69. The van der Waals surface area contributed by atoms with Crippen LogP contribution < -0.4 is 4.90 Å². The summed E-state index contributed by atoms with van der Waals surface area (Å²) in [6, 6.07) is 9.78. The molecule has 0 atom stereocenters. The van der Waals surface area contributed by atoms with E-state index in [2.05, 4.69) is 23.7 Å². The maximum absolute atomic E-state index is 13.5. The first-order chi connectivity index (χ1) is 15.5. The van der Waals surface area contributed by atoms with Gasteiger partial charge in [-0.1, -0.05) is 13.8 Å². The Morgan fingerprint density at radius 1 is 1.00 bits per heavy atom. The van der Waals surface area contributed by atoms with E-state index in [9.17, 15) is 17.6 Å². The van der Waals surface area contributed by atoms with Crippen LogP contribution in [0.3, 0.4) is 0 Å². The number of nitrogens with zero attached hydrogens (tertiary/aromatic N) is 2. The molecule has 2 heterocycles. The number of aromatic nitrogens is 1. The van der Waals surface area contributed by atoms with Crippen molar-refractivity contribution in [2.24, 2.45) is 5.41 Å². The van der Waals surface area contributed by atoms with Crippen molar-refractivity contribution in [1.29, 1.82) is 0 Å². The Labute approximate surface area is 193 Å². The van der Waals surface area contributed by atoms with Gasteiger partial charge in [0.2, 0.25) is 10.0 Å². The highest BCUT2D eigenvalue weighted by molar-refractivity contribution is 7.89. The molecular weight excluding hydrogens is 441 g/mol. The Kier molecular flexibility index (Phi) is 5.14. The number of ketones is 1. The lowest BCUT2D eigenvalue weighted by Crippen LogP contribution is -2.48. The van der Waals surface area contributed by atoms with E-state index in [0.717, 1.165) is 23.2 Å². The van der Waals surface area contributed by atoms with Gasteiger partial charge in [0.15, 0.2) is 5.78 Å². The second kappa shape index (κ2) is 7.67. The van der Waals surface area contributed by atoms with Crippen molar-refractivity contribution in [2.75, 3.05) is 31.1 Å². The number of aromatic amines is 1. The van der Waals surface area contributed by atoms with Gasteiger partial charge in [0.1, 0.15) is 5.82 Å². The summed E-state index contributed by atoms with van der Waals surface area (Å²) in [6.07, 6.45) is 1.25. The lowest BCUT2D eigenvalue weighted by Gasteiger charge is -2.35. The molecule has 6 nitrogen and oxygen atoms in total. The predicted octanol–water partition coefficient (Wildman–Crippen LogP) is 4.28. The molecule has 1 N–H and O–H groups in total. The van der Waals surface area contributed by atoms with Crippen molar-refractivity contribution in [2.45, 2.75) is 38.5 Å². The molecule has 33 heavy (non-hydrogen) atoms. The molecule has 0 saturated carbocycles. The van der Waals surface area contributed by atoms with E-state index in [1.54, 1.807) is 25.1 Å². The number of sulfonamides is 1. The Bertz CT molecular complexity index is 1350. The number of hydrogen-bond acceptors (Lipinski definition) is 4. The van der Waals surface area contributed by atoms with Crippen molar-refractivity contribution < 1.29 is 17.6 Å². The van der Waals surface area contributed by atoms with E-state index in [4.69, 9.17) is 0 Å². The largest absolute Gasteiger partial charge is 0.369 e. The van der Waals surface area contributed by atoms with Crippen LogP contribution in [-0.4, -0.2) is 49.7 Å². The maximum Gasteiger partial charge on any atom is 0.243 e. The Morgan fingerprint density at radius 2 is 1.67 bits per heavy atom. The van der Waals surface area contributed by atoms with Crippen LogP contribution in [0.25, 0.3) is 10.9 Å². The van der Waals surface area contributed by atoms with Gasteiger partial charge >= 0.3 is 0 Å². The number of fused-ring (bicyclic) bond motifs is 3. The molecule has 2 aliphatic rings. The highest BCUT2D eigenvalue weighted by Gasteiger charge is 2.35. The molecule has 1 aliphatic carbocycles. The fourth-order valence-corrected chi connectivity index (χ4v) is 6.81. The first-order valence-corrected chi connectivity index (χ1v) is 12.7. The molecule has 5 rings (SSSR count). The molecule has 174 valence electrons. The van der Waals surface area contributed by atoms with Crippen LogP contribution in [0.2, 0.25) is 0 Å². The average Bonchev–Trinajstić information content (AvgIpc) is 3.09. The van der Waals surface area contributed by atoms with Gasteiger partial charge < -0.3 is 9.88 Å². The molecule has 1 aliphatic heterocycles. The van der Waals surface area contributed by atoms with Crippen LogP contribution in [-0.2, 0) is 16.4 Å². The minimum absolute atomic E-state index is 0.111. The topological polar surface area (TPSA) is 73.5 Å². The standard InChI is InChI=1S/C25H28FN3O3S/c1-16-12-19-20(27-21-14-25(2,3)15-22(30)24(19)21)13-23(16)33(31,32)29-10-8-28(9-11-29)18-6-4-17(26)5-7-18/h4-7,12-13,27H,8-11,14-15H2,1-3H3. The number of carbonyl (C=O) groups is 1. The van der Waals surface area contributed by atoms with Gasteiger partial charge in [-0.3, -0.25) is 4.79 Å². The lowest BCUT2D eigenvalue weighted by molar-refractivity contribution is 0.0913. The third kappa shape index (κ3) is 3.85. The summed E-state index contributed by atoms with van der Waals surface area (Å²) < 4.78 is 41.8. The number of halogens is 1. The van der Waals surface area contributed by atoms with Gasteiger partial charge in [0.05, 0.1) is 4.90 Å². The summed E-state index contributed by atoms with van der Waals surface area (Å²) in [5.41, 5.74) is 3.72. The van der Waals surface area contributed by atoms with E-state index in [-0.39, 0.29) is 21.9 Å². The number of rotatable bonds is 3. The van der Waals surface area contributed by atoms with Gasteiger partial charge in [0.25, 0.3) is 0 Å². The van der Waals surface area contributed by atoms with E-state index in [0.29, 0.717) is 49.2 Å². The highest BCUT2D eigenvalue weighted by atomic mass is 32.2. The zero-order valence-corrected chi connectivity index (χ0v) is 19.9.